The number of fused-ring (bicyclic) bond motifs is 1. The van der Waals surface area contributed by atoms with Crippen molar-refractivity contribution in [3.05, 3.63) is 23.3 Å². The van der Waals surface area contributed by atoms with Crippen molar-refractivity contribution >= 4 is 0 Å². The van der Waals surface area contributed by atoms with Gasteiger partial charge in [-0.1, -0.05) is 6.92 Å². The molecule has 16 heavy (non-hydrogen) atoms. The Balaban J connectivity index is 2.35. The average molecular weight is 223 g/mol. The molecular weight excluding hydrogens is 206 g/mol. The molecule has 1 aromatic carbocycles. The maximum atomic E-state index is 8.92. The molecule has 2 rings (SSSR count). The minimum Gasteiger partial charge on any atom is -0.454 e. The minimum atomic E-state index is -0.144. The van der Waals surface area contributed by atoms with E-state index in [1.165, 1.54) is 0 Å². The third kappa shape index (κ3) is 1.99. The summed E-state index contributed by atoms with van der Waals surface area (Å²) in [6.07, 6.45) is 1.46. The monoisotopic (exact) mass is 223 g/mol. The number of aliphatic hydroxyl groups excluding tert-OH is 1. The van der Waals surface area contributed by atoms with Crippen molar-refractivity contribution in [1.29, 1.82) is 0 Å². The molecule has 0 aromatic heterocycles. The van der Waals surface area contributed by atoms with Crippen LogP contribution in [0.5, 0.6) is 11.5 Å². The van der Waals surface area contributed by atoms with Crippen molar-refractivity contribution in [2.45, 2.75) is 25.8 Å². The first-order chi connectivity index (χ1) is 7.76. The first-order valence-corrected chi connectivity index (χ1v) is 5.55. The SMILES string of the molecule is CCc1cc2c(cc1C(N)CCO)OCO2. The third-order valence-corrected chi connectivity index (χ3v) is 2.85. The van der Waals surface area contributed by atoms with Crippen molar-refractivity contribution in [3.63, 3.8) is 0 Å². The topological polar surface area (TPSA) is 64.7 Å². The third-order valence-electron chi connectivity index (χ3n) is 2.85. The van der Waals surface area contributed by atoms with Gasteiger partial charge in [0.15, 0.2) is 11.5 Å². The fourth-order valence-corrected chi connectivity index (χ4v) is 1.95. The van der Waals surface area contributed by atoms with E-state index in [0.717, 1.165) is 29.0 Å². The van der Waals surface area contributed by atoms with Crippen LogP contribution >= 0.6 is 0 Å². The van der Waals surface area contributed by atoms with Gasteiger partial charge < -0.3 is 20.3 Å². The molecule has 0 spiro atoms. The van der Waals surface area contributed by atoms with Gasteiger partial charge in [-0.05, 0) is 36.1 Å². The lowest BCUT2D eigenvalue weighted by Gasteiger charge is -2.15. The van der Waals surface area contributed by atoms with E-state index >= 15 is 0 Å². The molecule has 1 unspecified atom stereocenters. The Morgan fingerprint density at radius 3 is 2.69 bits per heavy atom. The van der Waals surface area contributed by atoms with Crippen molar-refractivity contribution in [2.75, 3.05) is 13.4 Å². The van der Waals surface area contributed by atoms with Gasteiger partial charge in [-0.25, -0.2) is 0 Å². The number of aliphatic hydroxyl groups is 1. The zero-order valence-electron chi connectivity index (χ0n) is 9.40. The summed E-state index contributed by atoms with van der Waals surface area (Å²) in [6.45, 7) is 2.45. The molecule has 0 saturated carbocycles. The molecule has 0 radical (unpaired) electrons. The Morgan fingerprint density at radius 2 is 2.06 bits per heavy atom. The van der Waals surface area contributed by atoms with Crippen LogP contribution in [0.1, 0.15) is 30.5 Å². The Kier molecular flexibility index (Phi) is 3.31. The van der Waals surface area contributed by atoms with Crippen LogP contribution in [-0.2, 0) is 6.42 Å². The highest BCUT2D eigenvalue weighted by Crippen LogP contribution is 2.37. The molecule has 0 amide bonds. The highest BCUT2D eigenvalue weighted by Gasteiger charge is 2.19. The van der Waals surface area contributed by atoms with E-state index < -0.39 is 0 Å². The van der Waals surface area contributed by atoms with Crippen LogP contribution in [0.25, 0.3) is 0 Å². The highest BCUT2D eigenvalue weighted by molar-refractivity contribution is 5.49. The first kappa shape index (κ1) is 11.2. The van der Waals surface area contributed by atoms with E-state index in [-0.39, 0.29) is 19.4 Å². The van der Waals surface area contributed by atoms with Crippen LogP contribution < -0.4 is 15.2 Å². The van der Waals surface area contributed by atoms with E-state index in [0.29, 0.717) is 6.42 Å². The number of benzene rings is 1. The van der Waals surface area contributed by atoms with Gasteiger partial charge in [-0.2, -0.15) is 0 Å². The summed E-state index contributed by atoms with van der Waals surface area (Å²) >= 11 is 0. The van der Waals surface area contributed by atoms with Crippen LogP contribution in [0.2, 0.25) is 0 Å². The molecule has 1 aromatic rings. The van der Waals surface area contributed by atoms with Gasteiger partial charge in [0.25, 0.3) is 0 Å². The molecule has 4 heteroatoms. The van der Waals surface area contributed by atoms with Gasteiger partial charge in [0.2, 0.25) is 6.79 Å². The van der Waals surface area contributed by atoms with E-state index in [2.05, 4.69) is 6.92 Å². The number of nitrogens with two attached hydrogens (primary N) is 1. The summed E-state index contributed by atoms with van der Waals surface area (Å²) in [4.78, 5) is 0. The van der Waals surface area contributed by atoms with Crippen LogP contribution in [0.15, 0.2) is 12.1 Å². The lowest BCUT2D eigenvalue weighted by Crippen LogP contribution is -2.14. The van der Waals surface area contributed by atoms with Crippen LogP contribution in [0.3, 0.4) is 0 Å². The summed E-state index contributed by atoms with van der Waals surface area (Å²) in [7, 11) is 0. The lowest BCUT2D eigenvalue weighted by atomic mass is 9.96. The molecule has 3 N–H and O–H groups in total. The van der Waals surface area contributed by atoms with E-state index in [1.807, 2.05) is 12.1 Å². The summed E-state index contributed by atoms with van der Waals surface area (Å²) < 4.78 is 10.6. The standard InChI is InChI=1S/C12H17NO3/c1-2-8-5-11-12(16-7-15-11)6-9(8)10(13)3-4-14/h5-6,10,14H,2-4,7,13H2,1H3. The molecule has 0 saturated heterocycles. The molecule has 1 atom stereocenters. The highest BCUT2D eigenvalue weighted by atomic mass is 16.7. The predicted molar refractivity (Wildman–Crippen MR) is 60.6 cm³/mol. The van der Waals surface area contributed by atoms with Crippen molar-refractivity contribution < 1.29 is 14.6 Å². The van der Waals surface area contributed by atoms with Gasteiger partial charge in [-0.15, -0.1) is 0 Å². The average Bonchev–Trinajstić information content (AvgIpc) is 2.74. The fourth-order valence-electron chi connectivity index (χ4n) is 1.95. The second kappa shape index (κ2) is 4.72. The fraction of sp³-hybridized carbons (Fsp3) is 0.500. The largest absolute Gasteiger partial charge is 0.454 e. The number of hydrogen-bond acceptors (Lipinski definition) is 4. The summed E-state index contributed by atoms with van der Waals surface area (Å²) in [5.74, 6) is 1.54. The maximum absolute atomic E-state index is 8.92. The molecule has 0 aliphatic carbocycles. The Morgan fingerprint density at radius 1 is 1.38 bits per heavy atom. The minimum absolute atomic E-state index is 0.0960. The van der Waals surface area contributed by atoms with Crippen molar-refractivity contribution in [2.24, 2.45) is 5.73 Å². The number of aryl methyl sites for hydroxylation is 1. The molecule has 0 fully saturated rings. The summed E-state index contributed by atoms with van der Waals surface area (Å²) in [5, 5.41) is 8.92. The smallest absolute Gasteiger partial charge is 0.231 e. The van der Waals surface area contributed by atoms with E-state index in [9.17, 15) is 0 Å². The quantitative estimate of drug-likeness (QED) is 0.809. The normalized spacial score (nSPS) is 15.2. The molecule has 0 bridgehead atoms. The maximum Gasteiger partial charge on any atom is 0.231 e. The van der Waals surface area contributed by atoms with Gasteiger partial charge in [0, 0.05) is 12.6 Å². The molecule has 1 heterocycles. The first-order valence-electron chi connectivity index (χ1n) is 5.55. The van der Waals surface area contributed by atoms with Gasteiger partial charge in [0.05, 0.1) is 0 Å². The Labute approximate surface area is 95.0 Å². The molecule has 88 valence electrons. The summed E-state index contributed by atoms with van der Waals surface area (Å²) in [5.41, 5.74) is 8.22. The Hall–Kier alpha value is -1.26. The van der Waals surface area contributed by atoms with Crippen LogP contribution in [-0.4, -0.2) is 18.5 Å². The molecule has 4 nitrogen and oxygen atoms in total. The van der Waals surface area contributed by atoms with Gasteiger partial charge in [-0.3, -0.25) is 0 Å². The number of ether oxygens (including phenoxy) is 2. The molecule has 1 aliphatic rings. The predicted octanol–water partition coefficient (Wildman–Crippen LogP) is 1.36. The second-order valence-electron chi connectivity index (χ2n) is 3.88. The zero-order valence-corrected chi connectivity index (χ0v) is 9.40. The van der Waals surface area contributed by atoms with Crippen LogP contribution in [0.4, 0.5) is 0 Å². The van der Waals surface area contributed by atoms with E-state index in [4.69, 9.17) is 20.3 Å². The van der Waals surface area contributed by atoms with Crippen molar-refractivity contribution in [3.8, 4) is 11.5 Å². The Bertz CT molecular complexity index is 379. The second-order valence-corrected chi connectivity index (χ2v) is 3.88. The summed E-state index contributed by atoms with van der Waals surface area (Å²) in [6, 6.07) is 3.77. The lowest BCUT2D eigenvalue weighted by molar-refractivity contribution is 0.174. The van der Waals surface area contributed by atoms with Gasteiger partial charge >= 0.3 is 0 Å². The molecule has 1 aliphatic heterocycles. The number of rotatable bonds is 4. The van der Waals surface area contributed by atoms with E-state index in [1.54, 1.807) is 0 Å². The van der Waals surface area contributed by atoms with Crippen molar-refractivity contribution in [1.82, 2.24) is 0 Å². The van der Waals surface area contributed by atoms with Crippen LogP contribution in [0, 0.1) is 0 Å². The zero-order chi connectivity index (χ0) is 11.5. The molecular formula is C12H17NO3. The number of hydrogen-bond donors (Lipinski definition) is 2. The van der Waals surface area contributed by atoms with Gasteiger partial charge in [0.1, 0.15) is 0 Å².